The zero-order chi connectivity index (χ0) is 20.4. The molecule has 1 fully saturated rings. The standard InChI is InChI=1S/C20H24FN3O4/c1-2-3-6-24-11-14(20(27)28)18(25)13-9-15(21)17(10-16(13)24)23-7-4-12(5-8-23)19(22)26/h9-12H,2-8H2,1H3,(H2,22,26)(H,27,28). The van der Waals surface area contributed by atoms with Crippen LogP contribution in [0.2, 0.25) is 0 Å². The maximum atomic E-state index is 14.8. The van der Waals surface area contributed by atoms with Crippen molar-refractivity contribution in [3.63, 3.8) is 0 Å². The number of aromatic nitrogens is 1. The van der Waals surface area contributed by atoms with Crippen molar-refractivity contribution in [1.82, 2.24) is 4.57 Å². The minimum Gasteiger partial charge on any atom is -0.477 e. The first-order valence-electron chi connectivity index (χ1n) is 9.47. The predicted molar refractivity (Wildman–Crippen MR) is 104 cm³/mol. The number of pyridine rings is 1. The van der Waals surface area contributed by atoms with Crippen molar-refractivity contribution in [2.75, 3.05) is 18.0 Å². The summed E-state index contributed by atoms with van der Waals surface area (Å²) in [5.41, 5.74) is 5.17. The number of nitrogens with two attached hydrogens (primary N) is 1. The number of carbonyl (C=O) groups is 2. The van der Waals surface area contributed by atoms with Crippen LogP contribution in [0.15, 0.2) is 23.1 Å². The summed E-state index contributed by atoms with van der Waals surface area (Å²) in [7, 11) is 0. The van der Waals surface area contributed by atoms with Crippen LogP contribution in [-0.2, 0) is 11.3 Å². The van der Waals surface area contributed by atoms with Gasteiger partial charge in [-0.2, -0.15) is 0 Å². The highest BCUT2D eigenvalue weighted by atomic mass is 19.1. The third kappa shape index (κ3) is 3.72. The third-order valence-electron chi connectivity index (χ3n) is 5.37. The number of carboxylic acids is 1. The Bertz CT molecular complexity index is 978. The molecule has 1 aromatic carbocycles. The first-order valence-corrected chi connectivity index (χ1v) is 9.47. The fourth-order valence-electron chi connectivity index (χ4n) is 3.71. The van der Waals surface area contributed by atoms with Crippen molar-refractivity contribution in [3.05, 3.63) is 39.9 Å². The lowest BCUT2D eigenvalue weighted by molar-refractivity contribution is -0.122. The summed E-state index contributed by atoms with van der Waals surface area (Å²) in [6.45, 7) is 3.52. The number of nitrogens with zero attached hydrogens (tertiary/aromatic N) is 2. The number of halogens is 1. The molecule has 0 atom stereocenters. The van der Waals surface area contributed by atoms with E-state index in [2.05, 4.69) is 0 Å². The molecule has 1 amide bonds. The molecule has 1 saturated heterocycles. The minimum absolute atomic E-state index is 0.0595. The number of anilines is 1. The van der Waals surface area contributed by atoms with Gasteiger partial charge in [-0.05, 0) is 31.4 Å². The van der Waals surface area contributed by atoms with Gasteiger partial charge in [0.25, 0.3) is 0 Å². The second kappa shape index (κ2) is 8.00. The number of benzene rings is 1. The number of carboxylic acid groups (broad SMARTS) is 1. The van der Waals surface area contributed by atoms with E-state index in [0.717, 1.165) is 18.9 Å². The molecule has 0 bridgehead atoms. The Kier molecular flexibility index (Phi) is 5.67. The smallest absolute Gasteiger partial charge is 0.341 e. The molecular weight excluding hydrogens is 365 g/mol. The summed E-state index contributed by atoms with van der Waals surface area (Å²) in [6, 6.07) is 2.74. The van der Waals surface area contributed by atoms with Crippen LogP contribution in [0, 0.1) is 11.7 Å². The van der Waals surface area contributed by atoms with E-state index < -0.39 is 17.2 Å². The molecule has 150 valence electrons. The molecule has 0 aliphatic carbocycles. The van der Waals surface area contributed by atoms with E-state index in [1.807, 2.05) is 11.8 Å². The normalized spacial score (nSPS) is 15.1. The van der Waals surface area contributed by atoms with Crippen molar-refractivity contribution in [2.45, 2.75) is 39.2 Å². The second-order valence-corrected chi connectivity index (χ2v) is 7.21. The lowest BCUT2D eigenvalue weighted by Crippen LogP contribution is -2.39. The molecule has 2 heterocycles. The largest absolute Gasteiger partial charge is 0.477 e. The minimum atomic E-state index is -1.32. The molecule has 0 radical (unpaired) electrons. The SMILES string of the molecule is CCCCn1cc(C(=O)O)c(=O)c2cc(F)c(N3CCC(C(N)=O)CC3)cc21. The molecule has 28 heavy (non-hydrogen) atoms. The van der Waals surface area contributed by atoms with E-state index in [9.17, 15) is 23.9 Å². The number of aryl methyl sites for hydroxylation is 1. The number of amides is 1. The number of aromatic carboxylic acids is 1. The second-order valence-electron chi connectivity index (χ2n) is 7.21. The van der Waals surface area contributed by atoms with E-state index in [1.165, 1.54) is 6.20 Å². The molecule has 3 N–H and O–H groups in total. The monoisotopic (exact) mass is 389 g/mol. The van der Waals surface area contributed by atoms with Crippen LogP contribution in [0.1, 0.15) is 43.0 Å². The van der Waals surface area contributed by atoms with Gasteiger partial charge in [0.15, 0.2) is 0 Å². The lowest BCUT2D eigenvalue weighted by Gasteiger charge is -2.32. The first kappa shape index (κ1) is 19.9. The van der Waals surface area contributed by atoms with Crippen molar-refractivity contribution in [2.24, 2.45) is 11.7 Å². The molecule has 8 heteroatoms. The summed E-state index contributed by atoms with van der Waals surface area (Å²) >= 11 is 0. The fourth-order valence-corrected chi connectivity index (χ4v) is 3.71. The van der Waals surface area contributed by atoms with E-state index in [0.29, 0.717) is 43.7 Å². The number of primary amides is 1. The number of hydrogen-bond acceptors (Lipinski definition) is 4. The maximum absolute atomic E-state index is 14.8. The van der Waals surface area contributed by atoms with E-state index in [4.69, 9.17) is 5.73 Å². The molecule has 0 unspecified atom stereocenters. The van der Waals surface area contributed by atoms with Crippen LogP contribution in [0.4, 0.5) is 10.1 Å². The van der Waals surface area contributed by atoms with E-state index in [-0.39, 0.29) is 22.8 Å². The number of unbranched alkanes of at least 4 members (excludes halogenated alkanes) is 1. The Morgan fingerprint density at radius 2 is 1.96 bits per heavy atom. The van der Waals surface area contributed by atoms with Gasteiger partial charge in [0, 0.05) is 37.1 Å². The van der Waals surface area contributed by atoms with Crippen LogP contribution in [0.3, 0.4) is 0 Å². The van der Waals surface area contributed by atoms with Gasteiger partial charge in [-0.3, -0.25) is 9.59 Å². The number of carbonyl (C=O) groups excluding carboxylic acids is 1. The van der Waals surface area contributed by atoms with Crippen LogP contribution in [0.25, 0.3) is 10.9 Å². The van der Waals surface area contributed by atoms with Crippen molar-refractivity contribution < 1.29 is 19.1 Å². The van der Waals surface area contributed by atoms with Gasteiger partial charge in [0.05, 0.1) is 11.2 Å². The van der Waals surface area contributed by atoms with Gasteiger partial charge < -0.3 is 20.3 Å². The summed E-state index contributed by atoms with van der Waals surface area (Å²) in [6.07, 6.45) is 4.13. The number of piperidine rings is 1. The average Bonchev–Trinajstić information content (AvgIpc) is 2.67. The molecular formula is C20H24FN3O4. The zero-order valence-corrected chi connectivity index (χ0v) is 15.8. The van der Waals surface area contributed by atoms with E-state index >= 15 is 0 Å². The Morgan fingerprint density at radius 1 is 1.29 bits per heavy atom. The Labute approximate surface area is 161 Å². The molecule has 1 aliphatic rings. The van der Waals surface area contributed by atoms with E-state index in [1.54, 1.807) is 10.6 Å². The quantitative estimate of drug-likeness (QED) is 0.789. The van der Waals surface area contributed by atoms with Gasteiger partial charge in [-0.1, -0.05) is 13.3 Å². The lowest BCUT2D eigenvalue weighted by atomic mass is 9.95. The molecule has 1 aromatic heterocycles. The molecule has 7 nitrogen and oxygen atoms in total. The highest BCUT2D eigenvalue weighted by Gasteiger charge is 2.26. The predicted octanol–water partition coefficient (Wildman–Crippen LogP) is 2.34. The Hall–Kier alpha value is -2.90. The molecule has 0 saturated carbocycles. The number of fused-ring (bicyclic) bond motifs is 1. The molecule has 0 spiro atoms. The van der Waals surface area contributed by atoms with Crippen LogP contribution >= 0.6 is 0 Å². The molecule has 1 aliphatic heterocycles. The summed E-state index contributed by atoms with van der Waals surface area (Å²) in [4.78, 5) is 37.1. The highest BCUT2D eigenvalue weighted by Crippen LogP contribution is 2.29. The summed E-state index contributed by atoms with van der Waals surface area (Å²) in [5.74, 6) is -2.45. The third-order valence-corrected chi connectivity index (χ3v) is 5.37. The van der Waals surface area contributed by atoms with Crippen LogP contribution in [0.5, 0.6) is 0 Å². The zero-order valence-electron chi connectivity index (χ0n) is 15.8. The number of rotatable bonds is 6. The van der Waals surface area contributed by atoms with Gasteiger partial charge in [0.1, 0.15) is 11.4 Å². The van der Waals surface area contributed by atoms with Gasteiger partial charge in [-0.25, -0.2) is 9.18 Å². The highest BCUT2D eigenvalue weighted by molar-refractivity contribution is 5.93. The Balaban J connectivity index is 2.08. The van der Waals surface area contributed by atoms with Crippen molar-refractivity contribution in [3.8, 4) is 0 Å². The summed E-state index contributed by atoms with van der Waals surface area (Å²) in [5, 5.41) is 9.38. The van der Waals surface area contributed by atoms with Crippen molar-refractivity contribution in [1.29, 1.82) is 0 Å². The van der Waals surface area contributed by atoms with Gasteiger partial charge in [0.2, 0.25) is 11.3 Å². The Morgan fingerprint density at radius 3 is 2.54 bits per heavy atom. The van der Waals surface area contributed by atoms with Crippen LogP contribution < -0.4 is 16.1 Å². The summed E-state index contributed by atoms with van der Waals surface area (Å²) < 4.78 is 16.5. The topological polar surface area (TPSA) is 106 Å². The first-order chi connectivity index (χ1) is 13.3. The van der Waals surface area contributed by atoms with Crippen molar-refractivity contribution >= 4 is 28.5 Å². The number of hydrogen-bond donors (Lipinski definition) is 2. The molecule has 3 rings (SSSR count). The van der Waals surface area contributed by atoms with Gasteiger partial charge in [-0.15, -0.1) is 0 Å². The average molecular weight is 389 g/mol. The fraction of sp³-hybridized carbons (Fsp3) is 0.450. The maximum Gasteiger partial charge on any atom is 0.341 e. The van der Waals surface area contributed by atoms with Crippen LogP contribution in [-0.4, -0.2) is 34.6 Å². The van der Waals surface area contributed by atoms with Gasteiger partial charge >= 0.3 is 5.97 Å². The molecule has 2 aromatic rings.